The van der Waals surface area contributed by atoms with Gasteiger partial charge in [-0.25, -0.2) is 0 Å². The van der Waals surface area contributed by atoms with E-state index >= 15 is 0 Å². The van der Waals surface area contributed by atoms with E-state index in [2.05, 4.69) is 10.6 Å². The molecule has 1 heterocycles. The molecule has 0 spiro atoms. The largest absolute Gasteiger partial charge is 0.497 e. The van der Waals surface area contributed by atoms with Crippen LogP contribution in [0, 0.1) is 0 Å². The first-order valence-corrected chi connectivity index (χ1v) is 7.63. The number of anilines is 2. The minimum Gasteiger partial charge on any atom is -0.497 e. The molecule has 2 aromatic carbocycles. The van der Waals surface area contributed by atoms with Gasteiger partial charge in [-0.1, -0.05) is 12.1 Å². The van der Waals surface area contributed by atoms with Crippen LogP contribution < -0.4 is 20.1 Å². The normalized spacial score (nSPS) is 13.1. The van der Waals surface area contributed by atoms with Gasteiger partial charge in [0.2, 0.25) is 11.8 Å². The maximum absolute atomic E-state index is 12.2. The molecule has 6 heteroatoms. The molecule has 2 N–H and O–H groups in total. The van der Waals surface area contributed by atoms with E-state index in [0.717, 1.165) is 11.3 Å². The average Bonchev–Trinajstić information content (AvgIpc) is 2.75. The average molecular weight is 326 g/mol. The van der Waals surface area contributed by atoms with Gasteiger partial charge < -0.3 is 20.1 Å². The molecule has 0 saturated heterocycles. The third kappa shape index (κ3) is 3.84. The maximum Gasteiger partial charge on any atom is 0.228 e. The SMILES string of the molecule is COc1ccc(CC(=O)Nc2ccc3c(c2)NC(=O)CCO3)cc1. The van der Waals surface area contributed by atoms with Crippen LogP contribution >= 0.6 is 0 Å². The summed E-state index contributed by atoms with van der Waals surface area (Å²) >= 11 is 0. The van der Waals surface area contributed by atoms with E-state index in [4.69, 9.17) is 9.47 Å². The van der Waals surface area contributed by atoms with Crippen LogP contribution in [0.25, 0.3) is 0 Å². The number of ether oxygens (including phenoxy) is 2. The third-order valence-corrected chi connectivity index (χ3v) is 3.65. The van der Waals surface area contributed by atoms with Gasteiger partial charge in [-0.3, -0.25) is 9.59 Å². The van der Waals surface area contributed by atoms with Crippen molar-refractivity contribution in [3.63, 3.8) is 0 Å². The Morgan fingerprint density at radius 2 is 2.04 bits per heavy atom. The zero-order valence-corrected chi connectivity index (χ0v) is 13.3. The van der Waals surface area contributed by atoms with E-state index in [1.54, 1.807) is 25.3 Å². The van der Waals surface area contributed by atoms with Crippen molar-refractivity contribution < 1.29 is 19.1 Å². The van der Waals surface area contributed by atoms with Gasteiger partial charge in [0.15, 0.2) is 0 Å². The van der Waals surface area contributed by atoms with Gasteiger partial charge in [0.1, 0.15) is 11.5 Å². The number of fused-ring (bicyclic) bond motifs is 1. The van der Waals surface area contributed by atoms with E-state index in [0.29, 0.717) is 30.2 Å². The third-order valence-electron chi connectivity index (χ3n) is 3.65. The van der Waals surface area contributed by atoms with E-state index in [9.17, 15) is 9.59 Å². The molecule has 24 heavy (non-hydrogen) atoms. The summed E-state index contributed by atoms with van der Waals surface area (Å²) in [4.78, 5) is 23.8. The molecule has 1 aliphatic rings. The van der Waals surface area contributed by atoms with Crippen molar-refractivity contribution >= 4 is 23.2 Å². The lowest BCUT2D eigenvalue weighted by atomic mass is 10.1. The summed E-state index contributed by atoms with van der Waals surface area (Å²) < 4.78 is 10.6. The van der Waals surface area contributed by atoms with Crippen LogP contribution in [0.2, 0.25) is 0 Å². The molecule has 0 aromatic heterocycles. The second-order valence-corrected chi connectivity index (χ2v) is 5.43. The molecule has 124 valence electrons. The first-order valence-electron chi connectivity index (χ1n) is 7.63. The molecule has 6 nitrogen and oxygen atoms in total. The number of rotatable bonds is 4. The molecular formula is C18H18N2O4. The summed E-state index contributed by atoms with van der Waals surface area (Å²) in [6.07, 6.45) is 0.567. The number of methoxy groups -OCH3 is 1. The number of hydrogen-bond donors (Lipinski definition) is 2. The summed E-state index contributed by atoms with van der Waals surface area (Å²) in [6.45, 7) is 0.349. The van der Waals surface area contributed by atoms with Crippen LogP contribution in [0.5, 0.6) is 11.5 Å². The minimum absolute atomic E-state index is 0.101. The van der Waals surface area contributed by atoms with E-state index in [1.165, 1.54) is 0 Å². The standard InChI is InChI=1S/C18H18N2O4/c1-23-14-5-2-12(3-6-14)10-18(22)19-13-4-7-16-15(11-13)20-17(21)8-9-24-16/h2-7,11H,8-10H2,1H3,(H,19,22)(H,20,21). The van der Waals surface area contributed by atoms with Crippen molar-refractivity contribution in [1.29, 1.82) is 0 Å². The predicted octanol–water partition coefficient (Wildman–Crippen LogP) is 2.60. The molecule has 1 aliphatic heterocycles. The molecule has 0 unspecified atom stereocenters. The van der Waals surface area contributed by atoms with Crippen LogP contribution in [0.3, 0.4) is 0 Å². The summed E-state index contributed by atoms with van der Waals surface area (Å²) in [5.41, 5.74) is 2.07. The van der Waals surface area contributed by atoms with Gasteiger partial charge in [-0.05, 0) is 35.9 Å². The second-order valence-electron chi connectivity index (χ2n) is 5.43. The quantitative estimate of drug-likeness (QED) is 0.905. The Morgan fingerprint density at radius 1 is 1.25 bits per heavy atom. The van der Waals surface area contributed by atoms with Gasteiger partial charge in [-0.15, -0.1) is 0 Å². The Bertz CT molecular complexity index is 756. The Balaban J connectivity index is 1.66. The molecule has 0 atom stereocenters. The summed E-state index contributed by atoms with van der Waals surface area (Å²) in [7, 11) is 1.60. The number of benzene rings is 2. The van der Waals surface area contributed by atoms with Gasteiger partial charge in [0, 0.05) is 5.69 Å². The Kier molecular flexibility index (Phi) is 4.65. The fraction of sp³-hybridized carbons (Fsp3) is 0.222. The van der Waals surface area contributed by atoms with Gasteiger partial charge in [0.05, 0.1) is 32.2 Å². The molecule has 0 bridgehead atoms. The predicted molar refractivity (Wildman–Crippen MR) is 90.5 cm³/mol. The Morgan fingerprint density at radius 3 is 2.79 bits per heavy atom. The topological polar surface area (TPSA) is 76.7 Å². The summed E-state index contributed by atoms with van der Waals surface area (Å²) in [5.74, 6) is 1.12. The fourth-order valence-electron chi connectivity index (χ4n) is 2.43. The van der Waals surface area contributed by atoms with E-state index in [-0.39, 0.29) is 18.2 Å². The zero-order chi connectivity index (χ0) is 16.9. The summed E-state index contributed by atoms with van der Waals surface area (Å²) in [5, 5.41) is 5.60. The summed E-state index contributed by atoms with van der Waals surface area (Å²) in [6, 6.07) is 12.5. The molecule has 2 aromatic rings. The molecule has 3 rings (SSSR count). The highest BCUT2D eigenvalue weighted by Crippen LogP contribution is 2.30. The lowest BCUT2D eigenvalue weighted by Gasteiger charge is -2.11. The fourth-order valence-corrected chi connectivity index (χ4v) is 2.43. The highest BCUT2D eigenvalue weighted by Gasteiger charge is 2.14. The van der Waals surface area contributed by atoms with Crippen LogP contribution in [-0.2, 0) is 16.0 Å². The lowest BCUT2D eigenvalue weighted by Crippen LogP contribution is -2.15. The second kappa shape index (κ2) is 7.04. The number of carbonyl (C=O) groups excluding carboxylic acids is 2. The Labute approximate surface area is 139 Å². The molecule has 2 amide bonds. The number of hydrogen-bond acceptors (Lipinski definition) is 4. The van der Waals surface area contributed by atoms with Gasteiger partial charge in [-0.2, -0.15) is 0 Å². The smallest absolute Gasteiger partial charge is 0.228 e. The molecule has 0 fully saturated rings. The molecule has 0 saturated carbocycles. The number of nitrogens with one attached hydrogen (secondary N) is 2. The van der Waals surface area contributed by atoms with Crippen molar-refractivity contribution in [3.05, 3.63) is 48.0 Å². The van der Waals surface area contributed by atoms with Crippen molar-refractivity contribution in [1.82, 2.24) is 0 Å². The van der Waals surface area contributed by atoms with Crippen LogP contribution in [0.4, 0.5) is 11.4 Å². The van der Waals surface area contributed by atoms with Crippen LogP contribution in [-0.4, -0.2) is 25.5 Å². The van der Waals surface area contributed by atoms with Crippen LogP contribution in [0.15, 0.2) is 42.5 Å². The highest BCUT2D eigenvalue weighted by molar-refractivity contribution is 5.96. The minimum atomic E-state index is -0.138. The van der Waals surface area contributed by atoms with Crippen molar-refractivity contribution in [2.24, 2.45) is 0 Å². The number of amides is 2. The molecular weight excluding hydrogens is 308 g/mol. The first-order chi connectivity index (χ1) is 11.6. The first kappa shape index (κ1) is 15.9. The van der Waals surface area contributed by atoms with Gasteiger partial charge >= 0.3 is 0 Å². The maximum atomic E-state index is 12.2. The molecule has 0 aliphatic carbocycles. The molecule has 0 radical (unpaired) electrons. The zero-order valence-electron chi connectivity index (χ0n) is 13.3. The van der Waals surface area contributed by atoms with Gasteiger partial charge in [0.25, 0.3) is 0 Å². The monoisotopic (exact) mass is 326 g/mol. The number of carbonyl (C=O) groups is 2. The Hall–Kier alpha value is -3.02. The van der Waals surface area contributed by atoms with Crippen molar-refractivity contribution in [2.45, 2.75) is 12.8 Å². The van der Waals surface area contributed by atoms with E-state index in [1.807, 2.05) is 24.3 Å². The highest BCUT2D eigenvalue weighted by atomic mass is 16.5. The van der Waals surface area contributed by atoms with Crippen LogP contribution in [0.1, 0.15) is 12.0 Å². The van der Waals surface area contributed by atoms with Crippen molar-refractivity contribution in [2.75, 3.05) is 24.4 Å². The van der Waals surface area contributed by atoms with Crippen molar-refractivity contribution in [3.8, 4) is 11.5 Å². The lowest BCUT2D eigenvalue weighted by molar-refractivity contribution is -0.116. The van der Waals surface area contributed by atoms with E-state index < -0.39 is 0 Å².